The molecular weight excluding hydrogens is 841 g/mol. The number of hydrogen-bond acceptors (Lipinski definition) is 8. The topological polar surface area (TPSA) is 121 Å². The number of fused-ring (bicyclic) bond motifs is 3. The Kier molecular flexibility index (Phi) is 13.1. The Morgan fingerprint density at radius 3 is 2.52 bits per heavy atom. The zero-order valence-electron chi connectivity index (χ0n) is 35.6. The summed E-state index contributed by atoms with van der Waals surface area (Å²) in [5.41, 5.74) is 5.32. The molecule has 0 saturated carbocycles. The molecule has 6 aromatic rings. The molecule has 328 valence electrons. The van der Waals surface area contributed by atoms with E-state index in [-0.39, 0.29) is 5.92 Å². The number of rotatable bonds is 14. The molecule has 8 rings (SSSR count). The number of anilines is 1. The first-order chi connectivity index (χ1) is 30.6. The maximum absolute atomic E-state index is 13.0. The van der Waals surface area contributed by atoms with E-state index >= 15 is 0 Å². The molecule has 0 saturated heterocycles. The number of aliphatic hydroxyl groups excluding tert-OH is 1. The predicted octanol–water partition coefficient (Wildman–Crippen LogP) is 7.88. The summed E-state index contributed by atoms with van der Waals surface area (Å²) in [6, 6.07) is 27.0. The van der Waals surface area contributed by atoms with Crippen LogP contribution in [-0.2, 0) is 28.0 Å². The van der Waals surface area contributed by atoms with E-state index in [2.05, 4.69) is 40.5 Å². The summed E-state index contributed by atoms with van der Waals surface area (Å²) in [6.45, 7) is 7.84. The van der Waals surface area contributed by atoms with Crippen LogP contribution in [0.25, 0.3) is 34.1 Å². The zero-order chi connectivity index (χ0) is 44.2. The van der Waals surface area contributed by atoms with Crippen molar-refractivity contribution in [2.75, 3.05) is 18.6 Å². The van der Waals surface area contributed by atoms with E-state index < -0.39 is 23.8 Å². The number of benzene rings is 4. The van der Waals surface area contributed by atoms with Crippen LogP contribution in [0.1, 0.15) is 78.9 Å². The van der Waals surface area contributed by atoms with Crippen molar-refractivity contribution in [3.05, 3.63) is 144 Å². The third-order valence-corrected chi connectivity index (χ3v) is 12.0. The Bertz CT molecular complexity index is 2830. The molecule has 13 heteroatoms. The Labute approximate surface area is 374 Å². The number of aromatic nitrogens is 4. The van der Waals surface area contributed by atoms with E-state index in [9.17, 15) is 19.5 Å². The Morgan fingerprint density at radius 2 is 1.75 bits per heavy atom. The van der Waals surface area contributed by atoms with Crippen LogP contribution in [0.5, 0.6) is 17.2 Å². The van der Waals surface area contributed by atoms with Gasteiger partial charge >= 0.3 is 276 Å². The first kappa shape index (κ1) is 43.4. The van der Waals surface area contributed by atoms with Crippen molar-refractivity contribution in [2.24, 2.45) is 5.92 Å². The number of imidazole rings is 2. The number of aliphatic hydroxyl groups is 1. The number of hydrogen-bond donors (Lipinski definition) is 1. The van der Waals surface area contributed by atoms with Crippen LogP contribution in [-0.4, -0.2) is 55.2 Å². The third kappa shape index (κ3) is 8.99. The molecule has 2 atom stereocenters. The number of nitrogens with zero attached hydrogens (tertiary/aromatic N) is 5. The SMILES string of the molecule is [CH2-]CCCC[C](=[Ni])N(C=[C-]c1ccc2c(c1)n(C(C)=O)c(=O)n2C(C)=O)c1ccccc1OCC1CCc2n(c(-c3ccc4c(c3)C=CC(O)O4)c[n+]2-c2ccccc2OC)CC1. The standard InChI is InChI=1S/C50H50N5O7.Ni/c1-5-6-7-12-27-51(28-25-36-17-21-40-43(30-36)55(35(3)57)50(59)54(40)34(2)56)41-13-8-11-16-47(41)61-33-37-18-23-48-52(29-26-37)44(32-53(48)42-14-9-10-15-46(42)60-4)38-19-22-45-39(31-38)20-24-49(58)62-45;/h8-11,13-17,19-22,24,28,30-32,37,49,58H,1,5-7,12,18,23,26,29,33H2,2-4H3;/q-1;. The summed E-state index contributed by atoms with van der Waals surface area (Å²) in [5.74, 6) is 2.53. The summed E-state index contributed by atoms with van der Waals surface area (Å²) < 4.78 is 25.6. The third-order valence-electron chi connectivity index (χ3n) is 11.6. The molecule has 2 aliphatic heterocycles. The fourth-order valence-corrected chi connectivity index (χ4v) is 8.76. The van der Waals surface area contributed by atoms with Gasteiger partial charge < -0.3 is 14.6 Å². The van der Waals surface area contributed by atoms with Crippen molar-refractivity contribution in [1.82, 2.24) is 13.7 Å². The maximum atomic E-state index is 13.0. The summed E-state index contributed by atoms with van der Waals surface area (Å²) in [5, 5.41) is 10.0. The number of para-hydroxylation sites is 4. The van der Waals surface area contributed by atoms with Crippen LogP contribution in [0.3, 0.4) is 0 Å². The van der Waals surface area contributed by atoms with E-state index in [1.54, 1.807) is 37.6 Å². The van der Waals surface area contributed by atoms with Gasteiger partial charge in [0.25, 0.3) is 0 Å². The zero-order valence-corrected chi connectivity index (χ0v) is 36.6. The minimum atomic E-state index is -0.960. The second-order valence-electron chi connectivity index (χ2n) is 15.7. The molecule has 2 aliphatic rings. The Morgan fingerprint density at radius 1 is 0.984 bits per heavy atom. The van der Waals surface area contributed by atoms with E-state index in [0.29, 0.717) is 41.1 Å². The van der Waals surface area contributed by atoms with Crippen LogP contribution in [0.15, 0.2) is 108 Å². The molecule has 63 heavy (non-hydrogen) atoms. The van der Waals surface area contributed by atoms with Gasteiger partial charge in [-0.1, -0.05) is 12.1 Å². The fourth-order valence-electron chi connectivity index (χ4n) is 8.40. The molecule has 0 bridgehead atoms. The molecule has 1 N–H and O–H groups in total. The molecule has 2 unspecified atom stereocenters. The summed E-state index contributed by atoms with van der Waals surface area (Å²) in [4.78, 5) is 39.9. The number of methoxy groups -OCH3 is 1. The number of carbonyl (C=O) groups is 2. The van der Waals surface area contributed by atoms with Gasteiger partial charge in [-0.2, -0.15) is 0 Å². The second-order valence-corrected chi connectivity index (χ2v) is 16.3. The molecule has 0 amide bonds. The van der Waals surface area contributed by atoms with Crippen molar-refractivity contribution in [1.29, 1.82) is 0 Å². The molecule has 4 aromatic carbocycles. The average molecular weight is 892 g/mol. The molecule has 12 nitrogen and oxygen atoms in total. The normalized spacial score (nSPS) is 15.7. The van der Waals surface area contributed by atoms with Crippen molar-refractivity contribution in [3.63, 3.8) is 0 Å². The van der Waals surface area contributed by atoms with Crippen molar-refractivity contribution in [2.45, 2.75) is 71.6 Å². The van der Waals surface area contributed by atoms with Crippen molar-refractivity contribution >= 4 is 39.2 Å². The Hall–Kier alpha value is -6.30. The van der Waals surface area contributed by atoms with Crippen LogP contribution in [0.4, 0.5) is 5.69 Å². The van der Waals surface area contributed by atoms with Crippen molar-refractivity contribution < 1.29 is 48.5 Å². The first-order valence-electron chi connectivity index (χ1n) is 21.2. The number of carbonyl (C=O) groups excluding carboxylic acids is 2. The number of ether oxygens (including phenoxy) is 3. The molecule has 0 aliphatic carbocycles. The number of unbranched alkanes of at least 4 members (excludes halogenated alkanes) is 2. The average Bonchev–Trinajstić information content (AvgIpc) is 3.71. The van der Waals surface area contributed by atoms with Gasteiger partial charge in [0.05, 0.1) is 7.11 Å². The van der Waals surface area contributed by atoms with Gasteiger partial charge in [0.2, 0.25) is 6.29 Å². The molecule has 0 fully saturated rings. The van der Waals surface area contributed by atoms with E-state index in [4.69, 9.17) is 29.2 Å². The van der Waals surface area contributed by atoms with Crippen LogP contribution < -0.4 is 29.4 Å². The van der Waals surface area contributed by atoms with Gasteiger partial charge in [-0.25, -0.2) is 0 Å². The van der Waals surface area contributed by atoms with E-state index in [1.807, 2.05) is 65.6 Å². The molecular formula is C50H50N5NiO7-. The molecule has 2 aromatic heterocycles. The molecule has 0 radical (unpaired) electrons. The summed E-state index contributed by atoms with van der Waals surface area (Å²) in [7, 11) is 1.69. The monoisotopic (exact) mass is 890 g/mol. The predicted molar refractivity (Wildman–Crippen MR) is 239 cm³/mol. The van der Waals surface area contributed by atoms with Crippen LogP contribution >= 0.6 is 0 Å². The first-order valence-corrected chi connectivity index (χ1v) is 21.7. The molecule has 4 heterocycles. The summed E-state index contributed by atoms with van der Waals surface area (Å²) >= 11 is 5.66. The Balaban J connectivity index is 1.07. The van der Waals surface area contributed by atoms with Gasteiger partial charge in [-0.3, -0.25) is 0 Å². The van der Waals surface area contributed by atoms with Gasteiger partial charge in [0.1, 0.15) is 5.75 Å². The van der Waals surface area contributed by atoms with Gasteiger partial charge in [-0.15, -0.1) is 0 Å². The van der Waals surface area contributed by atoms with E-state index in [1.165, 1.54) is 13.8 Å². The summed E-state index contributed by atoms with van der Waals surface area (Å²) in [6.07, 6.45) is 15.7. The van der Waals surface area contributed by atoms with Gasteiger partial charge in [-0.05, 0) is 42.5 Å². The fraction of sp³-hybridized carbons (Fsp3) is 0.280. The van der Waals surface area contributed by atoms with Crippen LogP contribution in [0, 0.1) is 18.9 Å². The van der Waals surface area contributed by atoms with Gasteiger partial charge in [0.15, 0.2) is 5.75 Å². The second kappa shape index (κ2) is 19.0. The minimum absolute atomic E-state index is 0.230. The van der Waals surface area contributed by atoms with Crippen LogP contribution in [0.2, 0.25) is 0 Å². The van der Waals surface area contributed by atoms with Gasteiger partial charge in [0, 0.05) is 5.56 Å². The quantitative estimate of drug-likeness (QED) is 0.0508. The van der Waals surface area contributed by atoms with E-state index in [0.717, 1.165) is 98.6 Å². The van der Waals surface area contributed by atoms with Crippen molar-refractivity contribution in [3.8, 4) is 34.2 Å². The molecule has 0 spiro atoms.